The molecule has 0 bridgehead atoms. The average Bonchev–Trinajstić information content (AvgIpc) is 3.40. The van der Waals surface area contributed by atoms with Crippen molar-refractivity contribution in [2.24, 2.45) is 0 Å². The minimum absolute atomic E-state index is 0.133. The van der Waals surface area contributed by atoms with Crippen LogP contribution < -0.4 is 0 Å². The van der Waals surface area contributed by atoms with Gasteiger partial charge in [-0.1, -0.05) is 0 Å². The predicted molar refractivity (Wildman–Crippen MR) is 75.2 cm³/mol. The summed E-state index contributed by atoms with van der Waals surface area (Å²) in [6.07, 6.45) is 3.60. The molecule has 0 radical (unpaired) electrons. The number of hydrogen-bond donors (Lipinski definition) is 0. The van der Waals surface area contributed by atoms with Crippen LogP contribution in [-0.2, 0) is 16.1 Å². The van der Waals surface area contributed by atoms with Crippen molar-refractivity contribution in [2.75, 3.05) is 0 Å². The van der Waals surface area contributed by atoms with Crippen LogP contribution >= 0.6 is 0 Å². The minimum atomic E-state index is -3.72. The summed E-state index contributed by atoms with van der Waals surface area (Å²) in [5.41, 5.74) is 0. The van der Waals surface area contributed by atoms with E-state index in [-0.39, 0.29) is 8.63 Å². The van der Waals surface area contributed by atoms with Crippen molar-refractivity contribution in [3.8, 4) is 0 Å². The van der Waals surface area contributed by atoms with Gasteiger partial charge >= 0.3 is 114 Å². The molecule has 0 aliphatic carbocycles. The molecule has 0 N–H and O–H groups in total. The second-order valence-corrected chi connectivity index (χ2v) is 35.3. The predicted octanol–water partition coefficient (Wildman–Crippen LogP) is 4.85. The van der Waals surface area contributed by atoms with Crippen LogP contribution in [0.4, 0.5) is 0 Å². The van der Waals surface area contributed by atoms with Gasteiger partial charge in [0.15, 0.2) is 0 Å². The van der Waals surface area contributed by atoms with Crippen LogP contribution in [0.5, 0.6) is 0 Å². The maximum atomic E-state index is 13.4. The monoisotopic (exact) mass is 326 g/mol. The number of Topliss-reactive ketones (excluding diaryl/α,β-unsaturated/α-hetero) is 2. The Morgan fingerprint density at radius 1 is 0.762 bits per heavy atom. The second kappa shape index (κ2) is 0.856. The van der Waals surface area contributed by atoms with Crippen molar-refractivity contribution in [1.82, 2.24) is 0 Å². The van der Waals surface area contributed by atoms with Gasteiger partial charge in [0.1, 0.15) is 0 Å². The normalized spacial score (nSPS) is 102. The van der Waals surface area contributed by atoms with Crippen LogP contribution in [-0.4, -0.2) is 11.6 Å². The molecule has 10 heterocycles. The number of hydrogen-bond acceptors (Lipinski definition) is 2. The third-order valence-corrected chi connectivity index (χ3v) is 59.4. The number of rotatable bonds is 6. The molecule has 114 valence electrons. The van der Waals surface area contributed by atoms with Crippen LogP contribution in [0.15, 0.2) is 0 Å². The molecule has 10 saturated heterocycles. The molecule has 10 rings (SSSR count). The Morgan fingerprint density at radius 3 is 1.38 bits per heavy atom. The second-order valence-electron chi connectivity index (χ2n) is 12.1. The number of fused-ring (bicyclic) bond motifs is 10. The summed E-state index contributed by atoms with van der Waals surface area (Å²) in [4.78, 5) is 35.0. The Morgan fingerprint density at radius 2 is 1.14 bits per heavy atom. The van der Waals surface area contributed by atoms with Crippen LogP contribution in [0, 0.1) is 0 Å². The molecule has 0 amide bonds. The molecule has 2 nitrogen and oxygen atoms in total. The SMILES string of the molecule is CCCC(=O)[C]12[CH]3[CH]4[CH]5[C]1(C(=O)CCC)[Fe]43521678[CH]2[CH]1[CH]6[CH]7[CH]28. The standard InChI is InChI=1S/C13H17O2.C5H5.Fe/c1-3-6-12(14)10-8-5-9-11(10)13(15)7-4-2;1-2-4-5-3-1;/h5,8-9H,3-4,6-7H2,1-2H3;1-5H;. The Kier molecular flexibility index (Phi) is 0.376. The van der Waals surface area contributed by atoms with E-state index in [0.29, 0.717) is 11.6 Å². The maximum absolute atomic E-state index is 13.4. The molecular weight excluding hydrogens is 304 g/mol. The molecule has 4 unspecified atom stereocenters. The van der Waals surface area contributed by atoms with Crippen molar-refractivity contribution in [3.63, 3.8) is 0 Å². The van der Waals surface area contributed by atoms with E-state index >= 15 is 0 Å². The number of carbonyl (C=O) groups is 2. The van der Waals surface area contributed by atoms with Gasteiger partial charge in [0.2, 0.25) is 0 Å². The van der Waals surface area contributed by atoms with E-state index in [1.165, 1.54) is 0 Å². The molecule has 0 aromatic rings. The summed E-state index contributed by atoms with van der Waals surface area (Å²) in [6.45, 7) is 0.588. The third-order valence-electron chi connectivity index (χ3n) is 16.6. The van der Waals surface area contributed by atoms with E-state index in [1.807, 2.05) is 0 Å². The summed E-state index contributed by atoms with van der Waals surface area (Å²) in [5.74, 6) is 1.30. The summed E-state index contributed by atoms with van der Waals surface area (Å²) < 4.78 is 0.267. The Hall–Kier alpha value is -0.141. The first-order valence-corrected chi connectivity index (χ1v) is 15.4. The van der Waals surface area contributed by atoms with E-state index in [4.69, 9.17) is 0 Å². The zero-order valence-electron chi connectivity index (χ0n) is 12.6. The van der Waals surface area contributed by atoms with Crippen LogP contribution in [0.25, 0.3) is 0 Å². The Labute approximate surface area is 114 Å². The molecule has 0 aromatic heterocycles. The number of carbonyl (C=O) groups excluding carboxylic acids is 2. The van der Waals surface area contributed by atoms with Crippen LogP contribution in [0.1, 0.15) is 39.5 Å². The van der Waals surface area contributed by atoms with Crippen LogP contribution in [0.2, 0.25) is 47.2 Å². The van der Waals surface area contributed by atoms with Gasteiger partial charge in [0.25, 0.3) is 0 Å². The zero-order valence-corrected chi connectivity index (χ0v) is 13.7. The molecule has 3 heteroatoms. The fourth-order valence-electron chi connectivity index (χ4n) is 19.0. The van der Waals surface area contributed by atoms with Crippen molar-refractivity contribution in [2.45, 2.75) is 86.7 Å². The summed E-state index contributed by atoms with van der Waals surface area (Å²) >= 11 is 0. The van der Waals surface area contributed by atoms with Gasteiger partial charge in [-0.15, -0.1) is 0 Å². The first-order valence-electron chi connectivity index (χ1n) is 9.18. The zero-order chi connectivity index (χ0) is 13.9. The Bertz CT molecular complexity index is 1050. The van der Waals surface area contributed by atoms with E-state index in [0.717, 1.165) is 64.2 Å². The van der Waals surface area contributed by atoms with E-state index in [9.17, 15) is 9.59 Å². The molecule has 0 saturated carbocycles. The van der Waals surface area contributed by atoms with Crippen LogP contribution in [0.3, 0.4) is 0 Å². The summed E-state index contributed by atoms with van der Waals surface area (Å²) in [5, 5.41) is 0. The molecule has 10 fully saturated rings. The van der Waals surface area contributed by atoms with Gasteiger partial charge in [0, 0.05) is 0 Å². The quantitative estimate of drug-likeness (QED) is 0.654. The molecule has 10 aliphatic heterocycles. The molecule has 10 aliphatic rings. The van der Waals surface area contributed by atoms with E-state index in [2.05, 4.69) is 13.8 Å². The fraction of sp³-hybridized carbons (Fsp3) is 0.889. The molecular formula is C18H22FeO2. The summed E-state index contributed by atoms with van der Waals surface area (Å²) in [6, 6.07) is 0. The molecule has 21 heavy (non-hydrogen) atoms. The van der Waals surface area contributed by atoms with Gasteiger partial charge in [-0.05, 0) is 0 Å². The van der Waals surface area contributed by atoms with Crippen molar-refractivity contribution in [1.29, 1.82) is 0 Å². The topological polar surface area (TPSA) is 34.1 Å². The van der Waals surface area contributed by atoms with E-state index < -0.39 is 6.51 Å². The number of ketones is 2. The Balaban J connectivity index is 1.46. The first kappa shape index (κ1) is 9.23. The third kappa shape index (κ3) is 0.106. The van der Waals surface area contributed by atoms with Gasteiger partial charge in [-0.25, -0.2) is 0 Å². The van der Waals surface area contributed by atoms with Crippen molar-refractivity contribution in [3.05, 3.63) is 0 Å². The van der Waals surface area contributed by atoms with Crippen molar-refractivity contribution >= 4 is 11.6 Å². The average molecular weight is 326 g/mol. The summed E-state index contributed by atoms with van der Waals surface area (Å²) in [7, 11) is 0. The van der Waals surface area contributed by atoms with Crippen molar-refractivity contribution < 1.29 is 16.1 Å². The molecule has 0 aromatic carbocycles. The van der Waals surface area contributed by atoms with E-state index in [1.54, 1.807) is 0 Å². The van der Waals surface area contributed by atoms with Gasteiger partial charge in [-0.3, -0.25) is 0 Å². The van der Waals surface area contributed by atoms with Gasteiger partial charge < -0.3 is 0 Å². The fourth-order valence-corrected chi connectivity index (χ4v) is 95.0. The molecule has 1 spiro atoms. The van der Waals surface area contributed by atoms with Gasteiger partial charge in [0.05, 0.1) is 0 Å². The van der Waals surface area contributed by atoms with Gasteiger partial charge in [-0.2, -0.15) is 0 Å². The molecule has 4 atom stereocenters. The first-order chi connectivity index (χ1) is 9.90.